The molecule has 0 aromatic heterocycles. The number of alkyl halides is 3. The molecular weight excluding hydrogens is 311 g/mol. The van der Waals surface area contributed by atoms with Crippen molar-refractivity contribution >= 4 is 11.7 Å². The lowest BCUT2D eigenvalue weighted by molar-refractivity contribution is -0.144. The van der Waals surface area contributed by atoms with Gasteiger partial charge in [-0.1, -0.05) is 0 Å². The molecule has 0 saturated carbocycles. The van der Waals surface area contributed by atoms with Crippen molar-refractivity contribution in [1.82, 2.24) is 4.90 Å². The van der Waals surface area contributed by atoms with Crippen molar-refractivity contribution < 1.29 is 27.5 Å². The molecular formula is C16H20F3NO3. The maximum atomic E-state index is 12.1. The second-order valence-corrected chi connectivity index (χ2v) is 5.06. The molecule has 0 heterocycles. The first-order chi connectivity index (χ1) is 10.7. The molecule has 0 unspecified atom stereocenters. The highest BCUT2D eigenvalue weighted by atomic mass is 19.4. The van der Waals surface area contributed by atoms with Crippen molar-refractivity contribution in [2.24, 2.45) is 0 Å². The van der Waals surface area contributed by atoms with Crippen molar-refractivity contribution in [2.45, 2.75) is 32.4 Å². The summed E-state index contributed by atoms with van der Waals surface area (Å²) < 4.78 is 41.6. The molecule has 0 fully saturated rings. The summed E-state index contributed by atoms with van der Waals surface area (Å²) in [6, 6.07) is 6.53. The number of hydrogen-bond acceptors (Lipinski definition) is 3. The molecule has 0 radical (unpaired) electrons. The molecule has 1 rings (SSSR count). The van der Waals surface area contributed by atoms with Crippen LogP contribution < -0.4 is 4.74 Å². The van der Waals surface area contributed by atoms with Gasteiger partial charge in [-0.25, -0.2) is 0 Å². The lowest BCUT2D eigenvalue weighted by Gasteiger charge is -2.17. The number of carbonyl (C=O) groups excluding carboxylic acids is 2. The Bertz CT molecular complexity index is 526. The van der Waals surface area contributed by atoms with Crippen molar-refractivity contribution in [1.29, 1.82) is 0 Å². The lowest BCUT2D eigenvalue weighted by Crippen LogP contribution is -2.30. The molecule has 1 amide bonds. The minimum absolute atomic E-state index is 0.0385. The molecule has 23 heavy (non-hydrogen) atoms. The fraction of sp³-hybridized carbons (Fsp3) is 0.500. The SMILES string of the molecule is CCOc1ccc(C(=O)CCC(=O)N(C)CCC(F)(F)F)cc1. The van der Waals surface area contributed by atoms with Crippen LogP contribution in [0.3, 0.4) is 0 Å². The monoisotopic (exact) mass is 331 g/mol. The van der Waals surface area contributed by atoms with Crippen LogP contribution in [-0.4, -0.2) is 43.0 Å². The molecule has 0 bridgehead atoms. The van der Waals surface area contributed by atoms with Gasteiger partial charge in [-0.05, 0) is 31.2 Å². The zero-order chi connectivity index (χ0) is 17.5. The van der Waals surface area contributed by atoms with Gasteiger partial charge in [-0.15, -0.1) is 0 Å². The van der Waals surface area contributed by atoms with Crippen LogP contribution in [0.1, 0.15) is 36.5 Å². The van der Waals surface area contributed by atoms with E-state index in [1.54, 1.807) is 24.3 Å². The van der Waals surface area contributed by atoms with Crippen LogP contribution in [0.25, 0.3) is 0 Å². The van der Waals surface area contributed by atoms with Gasteiger partial charge in [0.2, 0.25) is 5.91 Å². The Morgan fingerprint density at radius 1 is 1.13 bits per heavy atom. The van der Waals surface area contributed by atoms with E-state index in [-0.39, 0.29) is 18.6 Å². The molecule has 4 nitrogen and oxygen atoms in total. The van der Waals surface area contributed by atoms with Gasteiger partial charge in [0.1, 0.15) is 5.75 Å². The number of hydrogen-bond donors (Lipinski definition) is 0. The highest BCUT2D eigenvalue weighted by Gasteiger charge is 2.28. The maximum Gasteiger partial charge on any atom is 0.390 e. The Hall–Kier alpha value is -2.05. The quantitative estimate of drug-likeness (QED) is 0.685. The molecule has 0 spiro atoms. The third-order valence-electron chi connectivity index (χ3n) is 3.21. The normalized spacial score (nSPS) is 11.2. The van der Waals surface area contributed by atoms with Gasteiger partial charge in [-0.2, -0.15) is 13.2 Å². The predicted octanol–water partition coefficient (Wildman–Crippen LogP) is 3.46. The summed E-state index contributed by atoms with van der Waals surface area (Å²) in [7, 11) is 1.30. The topological polar surface area (TPSA) is 46.6 Å². The molecule has 128 valence electrons. The van der Waals surface area contributed by atoms with E-state index in [4.69, 9.17) is 4.74 Å². The zero-order valence-electron chi connectivity index (χ0n) is 13.2. The van der Waals surface area contributed by atoms with Crippen molar-refractivity contribution in [3.8, 4) is 5.75 Å². The van der Waals surface area contributed by atoms with Gasteiger partial charge in [0.05, 0.1) is 13.0 Å². The van der Waals surface area contributed by atoms with E-state index in [0.29, 0.717) is 17.9 Å². The zero-order valence-corrected chi connectivity index (χ0v) is 13.2. The molecule has 0 aliphatic carbocycles. The van der Waals surface area contributed by atoms with E-state index in [1.165, 1.54) is 7.05 Å². The van der Waals surface area contributed by atoms with Gasteiger partial charge in [-0.3, -0.25) is 9.59 Å². The standard InChI is InChI=1S/C16H20F3NO3/c1-3-23-13-6-4-12(5-7-13)14(21)8-9-15(22)20(2)11-10-16(17,18)19/h4-7H,3,8-11H2,1-2H3. The third kappa shape index (κ3) is 7.17. The molecule has 1 aromatic rings. The molecule has 0 N–H and O–H groups in total. The largest absolute Gasteiger partial charge is 0.494 e. The van der Waals surface area contributed by atoms with Crippen molar-refractivity contribution in [3.05, 3.63) is 29.8 Å². The molecule has 0 aliphatic heterocycles. The highest BCUT2D eigenvalue weighted by Crippen LogP contribution is 2.20. The summed E-state index contributed by atoms with van der Waals surface area (Å²) in [5.74, 6) is -0.0637. The van der Waals surface area contributed by atoms with Gasteiger partial charge in [0.15, 0.2) is 5.78 Å². The van der Waals surface area contributed by atoms with Crippen LogP contribution in [0.5, 0.6) is 5.75 Å². The molecule has 0 aliphatic rings. The second kappa shape index (κ2) is 8.55. The Balaban J connectivity index is 2.44. The van der Waals surface area contributed by atoms with Crippen LogP contribution in [0.4, 0.5) is 13.2 Å². The summed E-state index contributed by atoms with van der Waals surface area (Å²) in [6.45, 7) is 1.96. The second-order valence-electron chi connectivity index (χ2n) is 5.06. The number of Topliss-reactive ketones (excluding diaryl/α,β-unsaturated/α-hetero) is 1. The lowest BCUT2D eigenvalue weighted by atomic mass is 10.1. The minimum Gasteiger partial charge on any atom is -0.494 e. The summed E-state index contributed by atoms with van der Waals surface area (Å²) in [5, 5.41) is 0. The molecule has 7 heteroatoms. The van der Waals surface area contributed by atoms with E-state index in [2.05, 4.69) is 0 Å². The smallest absolute Gasteiger partial charge is 0.390 e. The number of benzene rings is 1. The Morgan fingerprint density at radius 2 is 1.74 bits per heavy atom. The van der Waals surface area contributed by atoms with Crippen LogP contribution in [-0.2, 0) is 4.79 Å². The Labute approximate surface area is 133 Å². The van der Waals surface area contributed by atoms with Gasteiger partial charge >= 0.3 is 6.18 Å². The molecule has 0 atom stereocenters. The fourth-order valence-electron chi connectivity index (χ4n) is 1.88. The van der Waals surface area contributed by atoms with Crippen molar-refractivity contribution in [2.75, 3.05) is 20.2 Å². The number of halogens is 3. The number of nitrogens with zero attached hydrogens (tertiary/aromatic N) is 1. The third-order valence-corrected chi connectivity index (χ3v) is 3.21. The number of carbonyl (C=O) groups is 2. The number of ether oxygens (including phenoxy) is 1. The van der Waals surface area contributed by atoms with Gasteiger partial charge in [0.25, 0.3) is 0 Å². The highest BCUT2D eigenvalue weighted by molar-refractivity contribution is 5.98. The van der Waals surface area contributed by atoms with E-state index < -0.39 is 25.0 Å². The average Bonchev–Trinajstić information content (AvgIpc) is 2.50. The fourth-order valence-corrected chi connectivity index (χ4v) is 1.88. The summed E-state index contributed by atoms with van der Waals surface area (Å²) in [6.07, 6.45) is -5.50. The number of ketones is 1. The Morgan fingerprint density at radius 3 is 2.26 bits per heavy atom. The van der Waals surface area contributed by atoms with E-state index in [1.807, 2.05) is 6.92 Å². The maximum absolute atomic E-state index is 12.1. The molecule has 0 saturated heterocycles. The minimum atomic E-state index is -4.30. The number of rotatable bonds is 8. The van der Waals surface area contributed by atoms with Crippen LogP contribution in [0.15, 0.2) is 24.3 Å². The van der Waals surface area contributed by atoms with Crippen LogP contribution in [0, 0.1) is 0 Å². The summed E-state index contributed by atoms with van der Waals surface area (Å²) in [4.78, 5) is 24.7. The summed E-state index contributed by atoms with van der Waals surface area (Å²) >= 11 is 0. The van der Waals surface area contributed by atoms with Crippen LogP contribution >= 0.6 is 0 Å². The predicted molar refractivity (Wildman–Crippen MR) is 79.5 cm³/mol. The van der Waals surface area contributed by atoms with Crippen LogP contribution in [0.2, 0.25) is 0 Å². The Kier molecular flexibility index (Phi) is 7.06. The first kappa shape index (κ1) is 19.0. The first-order valence-electron chi connectivity index (χ1n) is 7.29. The average molecular weight is 331 g/mol. The van der Waals surface area contributed by atoms with Crippen molar-refractivity contribution in [3.63, 3.8) is 0 Å². The molecule has 1 aromatic carbocycles. The van der Waals surface area contributed by atoms with E-state index >= 15 is 0 Å². The van der Waals surface area contributed by atoms with E-state index in [9.17, 15) is 22.8 Å². The number of amides is 1. The first-order valence-corrected chi connectivity index (χ1v) is 7.29. The summed E-state index contributed by atoms with van der Waals surface area (Å²) in [5.41, 5.74) is 0.444. The van der Waals surface area contributed by atoms with Gasteiger partial charge in [0, 0.05) is 32.0 Å². The van der Waals surface area contributed by atoms with Gasteiger partial charge < -0.3 is 9.64 Å². The van der Waals surface area contributed by atoms with E-state index in [0.717, 1.165) is 4.90 Å².